The third-order valence-corrected chi connectivity index (χ3v) is 6.98. The summed E-state index contributed by atoms with van der Waals surface area (Å²) in [6.45, 7) is 3.08. The summed E-state index contributed by atoms with van der Waals surface area (Å²) >= 11 is 1.62. The number of hydrogen-bond donors (Lipinski definition) is 0. The van der Waals surface area contributed by atoms with E-state index in [-0.39, 0.29) is 30.6 Å². The smallest absolute Gasteiger partial charge is 0.223 e. The van der Waals surface area contributed by atoms with Gasteiger partial charge in [-0.15, -0.1) is 11.3 Å². The van der Waals surface area contributed by atoms with Crippen LogP contribution in [0.25, 0.3) is 0 Å². The molecule has 1 aromatic heterocycles. The molecule has 0 radical (unpaired) electrons. The standard InChI is InChI=1S/C27H29NO5S/c1-4-33-20-9-7-18(8-10-20)22(29)11-12-26(30)28-14-13-19-16-23(31-2)24(32-3)17-21(19)27(28)25-6-5-15-34-25/h5-10,15-17,27H,4,11-14H2,1-3H3. The Morgan fingerprint density at radius 3 is 2.41 bits per heavy atom. The molecule has 34 heavy (non-hydrogen) atoms. The number of carbonyl (C=O) groups is 2. The van der Waals surface area contributed by atoms with Crippen LogP contribution in [0.15, 0.2) is 53.9 Å². The normalized spacial score (nSPS) is 14.9. The van der Waals surface area contributed by atoms with E-state index in [0.717, 1.165) is 28.2 Å². The number of methoxy groups -OCH3 is 2. The van der Waals surface area contributed by atoms with Gasteiger partial charge < -0.3 is 19.1 Å². The van der Waals surface area contributed by atoms with Gasteiger partial charge in [-0.2, -0.15) is 0 Å². The lowest BCUT2D eigenvalue weighted by atomic mass is 9.90. The van der Waals surface area contributed by atoms with Crippen LogP contribution in [0.1, 0.15) is 52.2 Å². The number of amides is 1. The van der Waals surface area contributed by atoms with E-state index >= 15 is 0 Å². The highest BCUT2D eigenvalue weighted by Gasteiger charge is 2.34. The van der Waals surface area contributed by atoms with Crippen LogP contribution in [0, 0.1) is 0 Å². The summed E-state index contributed by atoms with van der Waals surface area (Å²) in [5, 5.41) is 2.02. The maximum atomic E-state index is 13.4. The molecule has 6 nitrogen and oxygen atoms in total. The van der Waals surface area contributed by atoms with Gasteiger partial charge in [0.1, 0.15) is 5.75 Å². The lowest BCUT2D eigenvalue weighted by Crippen LogP contribution is -2.40. The zero-order valence-corrected chi connectivity index (χ0v) is 20.5. The van der Waals surface area contributed by atoms with Crippen molar-refractivity contribution in [2.45, 2.75) is 32.2 Å². The van der Waals surface area contributed by atoms with Crippen molar-refractivity contribution in [3.05, 3.63) is 75.5 Å². The van der Waals surface area contributed by atoms with Crippen LogP contribution >= 0.6 is 11.3 Å². The lowest BCUT2D eigenvalue weighted by molar-refractivity contribution is -0.133. The molecular weight excluding hydrogens is 450 g/mol. The summed E-state index contributed by atoms with van der Waals surface area (Å²) in [4.78, 5) is 29.1. The molecule has 3 aromatic rings. The van der Waals surface area contributed by atoms with Gasteiger partial charge in [0.15, 0.2) is 17.3 Å². The highest BCUT2D eigenvalue weighted by Crippen LogP contribution is 2.42. The fourth-order valence-electron chi connectivity index (χ4n) is 4.38. The Balaban J connectivity index is 1.53. The molecule has 2 heterocycles. The number of ketones is 1. The molecule has 4 rings (SSSR count). The van der Waals surface area contributed by atoms with Gasteiger partial charge in [-0.05, 0) is 72.3 Å². The summed E-state index contributed by atoms with van der Waals surface area (Å²) in [6, 6.07) is 14.9. The van der Waals surface area contributed by atoms with E-state index in [0.29, 0.717) is 30.2 Å². The Labute approximate surface area is 204 Å². The van der Waals surface area contributed by atoms with Crippen LogP contribution in [0.5, 0.6) is 17.2 Å². The summed E-state index contributed by atoms with van der Waals surface area (Å²) in [5.74, 6) is 1.98. The second-order valence-corrected chi connectivity index (χ2v) is 9.02. The van der Waals surface area contributed by atoms with Crippen molar-refractivity contribution in [3.8, 4) is 17.2 Å². The van der Waals surface area contributed by atoms with E-state index in [1.807, 2.05) is 41.5 Å². The first-order valence-corrected chi connectivity index (χ1v) is 12.3. The summed E-state index contributed by atoms with van der Waals surface area (Å²) in [7, 11) is 3.24. The Kier molecular flexibility index (Phi) is 7.53. The second kappa shape index (κ2) is 10.7. The summed E-state index contributed by atoms with van der Waals surface area (Å²) < 4.78 is 16.5. The van der Waals surface area contributed by atoms with E-state index < -0.39 is 0 Å². The predicted molar refractivity (Wildman–Crippen MR) is 132 cm³/mol. The zero-order chi connectivity index (χ0) is 24.1. The maximum Gasteiger partial charge on any atom is 0.223 e. The third kappa shape index (κ3) is 4.94. The molecule has 178 valence electrons. The van der Waals surface area contributed by atoms with Crippen LogP contribution in [0.4, 0.5) is 0 Å². The molecule has 0 saturated carbocycles. The number of rotatable bonds is 9. The molecule has 1 unspecified atom stereocenters. The van der Waals surface area contributed by atoms with Gasteiger partial charge in [0.05, 0.1) is 26.9 Å². The quantitative estimate of drug-likeness (QED) is 0.390. The van der Waals surface area contributed by atoms with E-state index in [4.69, 9.17) is 14.2 Å². The minimum atomic E-state index is -0.211. The molecule has 1 amide bonds. The number of ether oxygens (including phenoxy) is 3. The van der Waals surface area contributed by atoms with Gasteiger partial charge in [0.2, 0.25) is 5.91 Å². The first kappa shape index (κ1) is 23.8. The molecule has 0 fully saturated rings. The molecule has 0 N–H and O–H groups in total. The van der Waals surface area contributed by atoms with Gasteiger partial charge >= 0.3 is 0 Å². The Hall–Kier alpha value is -3.32. The van der Waals surface area contributed by atoms with Gasteiger partial charge in [-0.3, -0.25) is 9.59 Å². The van der Waals surface area contributed by atoms with Crippen molar-refractivity contribution in [1.29, 1.82) is 0 Å². The van der Waals surface area contributed by atoms with E-state index in [2.05, 4.69) is 0 Å². The molecule has 7 heteroatoms. The van der Waals surface area contributed by atoms with Crippen molar-refractivity contribution in [2.24, 2.45) is 0 Å². The van der Waals surface area contributed by atoms with E-state index in [1.165, 1.54) is 0 Å². The van der Waals surface area contributed by atoms with Crippen LogP contribution in [-0.4, -0.2) is 44.0 Å². The fraction of sp³-hybridized carbons (Fsp3) is 0.333. The first-order chi connectivity index (χ1) is 16.5. The van der Waals surface area contributed by atoms with Crippen LogP contribution in [0.3, 0.4) is 0 Å². The third-order valence-electron chi connectivity index (χ3n) is 6.06. The highest BCUT2D eigenvalue weighted by atomic mass is 32.1. The molecule has 2 aromatic carbocycles. The van der Waals surface area contributed by atoms with E-state index in [9.17, 15) is 9.59 Å². The number of hydrogen-bond acceptors (Lipinski definition) is 6. The van der Waals surface area contributed by atoms with Gasteiger partial charge in [-0.25, -0.2) is 0 Å². The lowest BCUT2D eigenvalue weighted by Gasteiger charge is -2.37. The summed E-state index contributed by atoms with van der Waals surface area (Å²) in [6.07, 6.45) is 1.05. The Morgan fingerprint density at radius 2 is 1.76 bits per heavy atom. The van der Waals surface area contributed by atoms with Crippen molar-refractivity contribution in [3.63, 3.8) is 0 Å². The molecule has 0 bridgehead atoms. The molecular formula is C27H29NO5S. The average Bonchev–Trinajstić information content (AvgIpc) is 3.40. The summed E-state index contributed by atoms with van der Waals surface area (Å²) in [5.41, 5.74) is 2.77. The number of Topliss-reactive ketones (excluding diaryl/α,β-unsaturated/α-hetero) is 1. The maximum absolute atomic E-state index is 13.4. The zero-order valence-electron chi connectivity index (χ0n) is 19.7. The fourth-order valence-corrected chi connectivity index (χ4v) is 5.23. The van der Waals surface area contributed by atoms with Crippen molar-refractivity contribution >= 4 is 23.0 Å². The average molecular weight is 480 g/mol. The number of nitrogens with zero attached hydrogens (tertiary/aromatic N) is 1. The SMILES string of the molecule is CCOc1ccc(C(=O)CCC(=O)N2CCc3cc(OC)c(OC)cc3C2c2cccs2)cc1. The van der Waals surface area contributed by atoms with Crippen LogP contribution in [-0.2, 0) is 11.2 Å². The molecule has 0 spiro atoms. The number of thiophene rings is 1. The van der Waals surface area contributed by atoms with Gasteiger partial charge in [0.25, 0.3) is 0 Å². The van der Waals surface area contributed by atoms with Crippen molar-refractivity contribution < 1.29 is 23.8 Å². The van der Waals surface area contributed by atoms with Crippen LogP contribution < -0.4 is 14.2 Å². The Morgan fingerprint density at radius 1 is 1.03 bits per heavy atom. The second-order valence-electron chi connectivity index (χ2n) is 8.04. The Bertz CT molecular complexity index is 1140. The molecule has 0 aliphatic carbocycles. The topological polar surface area (TPSA) is 65.1 Å². The minimum Gasteiger partial charge on any atom is -0.494 e. The van der Waals surface area contributed by atoms with Crippen molar-refractivity contribution in [1.82, 2.24) is 4.90 Å². The van der Waals surface area contributed by atoms with Crippen molar-refractivity contribution in [2.75, 3.05) is 27.4 Å². The first-order valence-electron chi connectivity index (χ1n) is 11.4. The number of benzene rings is 2. The number of carbonyl (C=O) groups excluding carboxylic acids is 2. The predicted octanol–water partition coefficient (Wildman–Crippen LogP) is 5.30. The molecule has 0 saturated heterocycles. The van der Waals surface area contributed by atoms with Gasteiger partial charge in [0, 0.05) is 29.8 Å². The largest absolute Gasteiger partial charge is 0.494 e. The molecule has 1 aliphatic rings. The number of fused-ring (bicyclic) bond motifs is 1. The molecule has 1 aliphatic heterocycles. The van der Waals surface area contributed by atoms with Gasteiger partial charge in [-0.1, -0.05) is 6.07 Å². The molecule has 1 atom stereocenters. The monoisotopic (exact) mass is 479 g/mol. The van der Waals surface area contributed by atoms with Crippen LogP contribution in [0.2, 0.25) is 0 Å². The minimum absolute atomic E-state index is 0.0295. The highest BCUT2D eigenvalue weighted by molar-refractivity contribution is 7.10. The van der Waals surface area contributed by atoms with E-state index in [1.54, 1.807) is 49.8 Å².